The van der Waals surface area contributed by atoms with Gasteiger partial charge in [-0.25, -0.2) is 4.79 Å². The van der Waals surface area contributed by atoms with Crippen molar-refractivity contribution in [2.75, 3.05) is 6.54 Å². The lowest BCUT2D eigenvalue weighted by Gasteiger charge is -2.19. The molecular weight excluding hydrogens is 397 g/mol. The molecule has 0 atom stereocenters. The van der Waals surface area contributed by atoms with Crippen molar-refractivity contribution in [3.05, 3.63) is 69.2 Å². The maximum atomic E-state index is 12.4. The first-order valence-electron chi connectivity index (χ1n) is 8.88. The molecule has 28 heavy (non-hydrogen) atoms. The molecule has 6 heteroatoms. The van der Waals surface area contributed by atoms with Crippen LogP contribution in [0.3, 0.4) is 0 Å². The summed E-state index contributed by atoms with van der Waals surface area (Å²) in [7, 11) is 0. The Morgan fingerprint density at radius 1 is 1.04 bits per heavy atom. The molecule has 148 valence electrons. The Kier molecular flexibility index (Phi) is 7.67. The number of carbonyl (C=O) groups excluding carboxylic acids is 2. The van der Waals surface area contributed by atoms with Crippen LogP contribution >= 0.6 is 23.2 Å². The maximum Gasteiger partial charge on any atom is 0.407 e. The summed E-state index contributed by atoms with van der Waals surface area (Å²) in [5, 5.41) is 3.71. The van der Waals surface area contributed by atoms with Crippen LogP contribution in [0.5, 0.6) is 0 Å². The van der Waals surface area contributed by atoms with Crippen LogP contribution < -0.4 is 5.32 Å². The highest BCUT2D eigenvalue weighted by Crippen LogP contribution is 2.26. The Balaban J connectivity index is 1.98. The Morgan fingerprint density at radius 3 is 2.32 bits per heavy atom. The molecule has 0 radical (unpaired) electrons. The van der Waals surface area contributed by atoms with E-state index in [9.17, 15) is 9.59 Å². The first-order valence-corrected chi connectivity index (χ1v) is 9.63. The molecule has 0 aromatic heterocycles. The second-order valence-electron chi connectivity index (χ2n) is 7.20. The molecule has 0 unspecified atom stereocenters. The molecule has 0 aliphatic heterocycles. The van der Waals surface area contributed by atoms with Gasteiger partial charge in [-0.15, -0.1) is 0 Å². The molecule has 0 spiro atoms. The highest BCUT2D eigenvalue weighted by molar-refractivity contribution is 6.37. The average Bonchev–Trinajstić information content (AvgIpc) is 2.60. The third kappa shape index (κ3) is 7.02. The molecular formula is C22H23Cl2NO3. The Labute approximate surface area is 175 Å². The summed E-state index contributed by atoms with van der Waals surface area (Å²) < 4.78 is 5.15. The molecule has 0 saturated carbocycles. The van der Waals surface area contributed by atoms with E-state index in [0.717, 1.165) is 11.1 Å². The quantitative estimate of drug-likeness (QED) is 0.443. The molecule has 2 aromatic carbocycles. The van der Waals surface area contributed by atoms with Gasteiger partial charge in [0.15, 0.2) is 5.78 Å². The number of ketones is 1. The second-order valence-corrected chi connectivity index (χ2v) is 8.01. The monoisotopic (exact) mass is 419 g/mol. The van der Waals surface area contributed by atoms with E-state index < -0.39 is 11.7 Å². The van der Waals surface area contributed by atoms with Crippen molar-refractivity contribution in [1.29, 1.82) is 0 Å². The van der Waals surface area contributed by atoms with Crippen LogP contribution in [-0.2, 0) is 4.74 Å². The van der Waals surface area contributed by atoms with Crippen molar-refractivity contribution in [3.63, 3.8) is 0 Å². The largest absolute Gasteiger partial charge is 0.444 e. The van der Waals surface area contributed by atoms with Crippen LogP contribution in [0.2, 0.25) is 10.0 Å². The zero-order chi connectivity index (χ0) is 20.7. The highest BCUT2D eigenvalue weighted by Gasteiger charge is 2.16. The first kappa shape index (κ1) is 22.0. The second kappa shape index (κ2) is 9.76. The molecule has 0 heterocycles. The molecule has 0 aliphatic carbocycles. The number of nitrogens with one attached hydrogen (secondary N) is 1. The van der Waals surface area contributed by atoms with Crippen LogP contribution in [0, 0.1) is 0 Å². The number of halogens is 2. The van der Waals surface area contributed by atoms with Crippen LogP contribution in [0.15, 0.2) is 42.5 Å². The Bertz CT molecular complexity index is 865. The Morgan fingerprint density at radius 2 is 1.68 bits per heavy atom. The summed E-state index contributed by atoms with van der Waals surface area (Å²) in [5.41, 5.74) is 1.57. The minimum Gasteiger partial charge on any atom is -0.444 e. The summed E-state index contributed by atoms with van der Waals surface area (Å²) >= 11 is 12.3. The van der Waals surface area contributed by atoms with Gasteiger partial charge in [-0.05, 0) is 44.5 Å². The topological polar surface area (TPSA) is 55.4 Å². The molecule has 1 amide bonds. The predicted octanol–water partition coefficient (Wildman–Crippen LogP) is 6.26. The number of ether oxygens (including phenoxy) is 1. The number of amides is 1. The minimum atomic E-state index is -0.570. The third-order valence-corrected chi connectivity index (χ3v) is 4.33. The normalized spacial score (nSPS) is 11.5. The SMILES string of the molecule is CC(C)(C)OC(=O)NCCC(=O)c1cccc(C=Cc2c(Cl)cccc2Cl)c1. The summed E-state index contributed by atoms with van der Waals surface area (Å²) in [4.78, 5) is 24.0. The highest BCUT2D eigenvalue weighted by atomic mass is 35.5. The lowest BCUT2D eigenvalue weighted by molar-refractivity contribution is 0.0527. The van der Waals surface area contributed by atoms with Crippen molar-refractivity contribution < 1.29 is 14.3 Å². The average molecular weight is 420 g/mol. The lowest BCUT2D eigenvalue weighted by Crippen LogP contribution is -2.33. The van der Waals surface area contributed by atoms with E-state index in [1.807, 2.05) is 24.3 Å². The van der Waals surface area contributed by atoms with E-state index >= 15 is 0 Å². The third-order valence-electron chi connectivity index (χ3n) is 3.67. The zero-order valence-corrected chi connectivity index (χ0v) is 17.6. The van der Waals surface area contributed by atoms with E-state index in [1.165, 1.54) is 0 Å². The van der Waals surface area contributed by atoms with Gasteiger partial charge in [-0.1, -0.05) is 59.6 Å². The van der Waals surface area contributed by atoms with Gasteiger partial charge >= 0.3 is 6.09 Å². The summed E-state index contributed by atoms with van der Waals surface area (Å²) in [5.74, 6) is -0.0675. The fourth-order valence-electron chi connectivity index (χ4n) is 2.40. The van der Waals surface area contributed by atoms with E-state index in [-0.39, 0.29) is 18.7 Å². The maximum absolute atomic E-state index is 12.4. The molecule has 2 aromatic rings. The standard InChI is InChI=1S/C22H23Cl2NO3/c1-22(2,3)28-21(27)25-13-12-20(26)16-7-4-6-15(14-16)10-11-17-18(23)8-5-9-19(17)24/h4-11,14H,12-13H2,1-3H3,(H,25,27). The molecule has 4 nitrogen and oxygen atoms in total. The molecule has 1 N–H and O–H groups in total. The molecule has 0 aliphatic rings. The van der Waals surface area contributed by atoms with Gasteiger partial charge in [0, 0.05) is 34.1 Å². The van der Waals surface area contributed by atoms with Gasteiger partial charge in [0.25, 0.3) is 0 Å². The van der Waals surface area contributed by atoms with Gasteiger partial charge in [0.2, 0.25) is 0 Å². The molecule has 2 rings (SSSR count). The lowest BCUT2D eigenvalue weighted by atomic mass is 10.0. The van der Waals surface area contributed by atoms with Crippen molar-refractivity contribution >= 4 is 47.2 Å². The van der Waals surface area contributed by atoms with Crippen molar-refractivity contribution in [2.24, 2.45) is 0 Å². The van der Waals surface area contributed by atoms with Crippen LogP contribution in [0.1, 0.15) is 48.7 Å². The molecule has 0 bridgehead atoms. The van der Waals surface area contributed by atoms with Gasteiger partial charge in [-0.3, -0.25) is 4.79 Å². The zero-order valence-electron chi connectivity index (χ0n) is 16.1. The number of hydrogen-bond acceptors (Lipinski definition) is 3. The Hall–Kier alpha value is -2.30. The summed E-state index contributed by atoms with van der Waals surface area (Å²) in [6, 6.07) is 12.5. The van der Waals surface area contributed by atoms with Crippen LogP contribution in [0.25, 0.3) is 12.2 Å². The fraction of sp³-hybridized carbons (Fsp3) is 0.273. The van der Waals surface area contributed by atoms with Gasteiger partial charge in [0.05, 0.1) is 0 Å². The van der Waals surface area contributed by atoms with E-state index in [0.29, 0.717) is 15.6 Å². The number of rotatable bonds is 6. The van der Waals surface area contributed by atoms with Crippen molar-refractivity contribution in [1.82, 2.24) is 5.32 Å². The van der Waals surface area contributed by atoms with Crippen molar-refractivity contribution in [3.8, 4) is 0 Å². The van der Waals surface area contributed by atoms with Crippen LogP contribution in [-0.4, -0.2) is 24.0 Å². The van der Waals surface area contributed by atoms with E-state index in [1.54, 1.807) is 51.1 Å². The number of hydrogen-bond donors (Lipinski definition) is 1. The fourth-order valence-corrected chi connectivity index (χ4v) is 2.93. The van der Waals surface area contributed by atoms with Gasteiger partial charge < -0.3 is 10.1 Å². The predicted molar refractivity (Wildman–Crippen MR) is 115 cm³/mol. The minimum absolute atomic E-state index is 0.0675. The number of carbonyl (C=O) groups is 2. The van der Waals surface area contributed by atoms with Crippen molar-refractivity contribution in [2.45, 2.75) is 32.8 Å². The number of benzene rings is 2. The van der Waals surface area contributed by atoms with E-state index in [4.69, 9.17) is 27.9 Å². The summed E-state index contributed by atoms with van der Waals surface area (Å²) in [6.45, 7) is 5.56. The van der Waals surface area contributed by atoms with Gasteiger partial charge in [0.1, 0.15) is 5.60 Å². The smallest absolute Gasteiger partial charge is 0.407 e. The van der Waals surface area contributed by atoms with E-state index in [2.05, 4.69) is 5.32 Å². The number of Topliss-reactive ketones (excluding diaryl/α,β-unsaturated/α-hetero) is 1. The van der Waals surface area contributed by atoms with Crippen LogP contribution in [0.4, 0.5) is 4.79 Å². The summed E-state index contributed by atoms with van der Waals surface area (Å²) in [6.07, 6.45) is 3.32. The van der Waals surface area contributed by atoms with Gasteiger partial charge in [-0.2, -0.15) is 0 Å². The molecule has 0 fully saturated rings. The first-order chi connectivity index (χ1) is 13.2. The number of alkyl carbamates (subject to hydrolysis) is 1. The molecule has 0 saturated heterocycles.